The van der Waals surface area contributed by atoms with E-state index in [1.165, 1.54) is 0 Å². The van der Waals surface area contributed by atoms with E-state index in [0.717, 1.165) is 27.2 Å². The van der Waals surface area contributed by atoms with Crippen LogP contribution in [0.1, 0.15) is 30.0 Å². The van der Waals surface area contributed by atoms with Gasteiger partial charge in [-0.05, 0) is 32.0 Å². The molecule has 4 nitrogen and oxygen atoms in total. The molecule has 0 spiro atoms. The van der Waals surface area contributed by atoms with Gasteiger partial charge in [-0.2, -0.15) is 0 Å². The molecule has 0 saturated heterocycles. The fourth-order valence-electron chi connectivity index (χ4n) is 1.64. The Labute approximate surface area is 114 Å². The van der Waals surface area contributed by atoms with Gasteiger partial charge < -0.3 is 15.0 Å². The van der Waals surface area contributed by atoms with Gasteiger partial charge in [0, 0.05) is 22.1 Å². The third-order valence-electron chi connectivity index (χ3n) is 2.51. The molecule has 2 aromatic rings. The van der Waals surface area contributed by atoms with Crippen LogP contribution < -0.4 is 10.5 Å². The zero-order valence-corrected chi connectivity index (χ0v) is 11.9. The number of nitrogens with two attached hydrogens (primary N) is 1. The normalized spacial score (nSPS) is 12.4. The predicted octanol–water partition coefficient (Wildman–Crippen LogP) is 3.34. The Morgan fingerprint density at radius 3 is 2.83 bits per heavy atom. The minimum absolute atomic E-state index is 0.0865. The van der Waals surface area contributed by atoms with Crippen molar-refractivity contribution in [3.63, 3.8) is 0 Å². The summed E-state index contributed by atoms with van der Waals surface area (Å²) in [5.41, 5.74) is 7.65. The van der Waals surface area contributed by atoms with Crippen LogP contribution in [0, 0.1) is 6.92 Å². The maximum Gasteiger partial charge on any atom is 0.134 e. The van der Waals surface area contributed by atoms with E-state index in [4.69, 9.17) is 15.0 Å². The lowest BCUT2D eigenvalue weighted by atomic mass is 10.1. The monoisotopic (exact) mass is 310 g/mol. The van der Waals surface area contributed by atoms with Crippen molar-refractivity contribution in [2.45, 2.75) is 26.5 Å². The van der Waals surface area contributed by atoms with Gasteiger partial charge in [-0.25, -0.2) is 0 Å². The smallest absolute Gasteiger partial charge is 0.134 e. The number of benzene rings is 1. The highest BCUT2D eigenvalue weighted by Crippen LogP contribution is 2.28. The molecule has 1 aromatic heterocycles. The third kappa shape index (κ3) is 3.11. The highest BCUT2D eigenvalue weighted by Gasteiger charge is 2.10. The fraction of sp³-hybridized carbons (Fsp3) is 0.308. The van der Waals surface area contributed by atoms with E-state index in [1.807, 2.05) is 38.1 Å². The summed E-state index contributed by atoms with van der Waals surface area (Å²) in [4.78, 5) is 0. The second kappa shape index (κ2) is 5.54. The third-order valence-corrected chi connectivity index (χ3v) is 3.01. The van der Waals surface area contributed by atoms with Crippen LogP contribution in [0.2, 0.25) is 0 Å². The Morgan fingerprint density at radius 1 is 1.44 bits per heavy atom. The number of rotatable bonds is 4. The molecule has 0 saturated carbocycles. The van der Waals surface area contributed by atoms with Crippen molar-refractivity contribution < 1.29 is 9.26 Å². The first-order valence-electron chi connectivity index (χ1n) is 5.66. The molecule has 96 valence electrons. The highest BCUT2D eigenvalue weighted by atomic mass is 79.9. The van der Waals surface area contributed by atoms with Gasteiger partial charge in [0.15, 0.2) is 0 Å². The summed E-state index contributed by atoms with van der Waals surface area (Å²) in [5, 5.41) is 3.88. The van der Waals surface area contributed by atoms with Crippen LogP contribution in [-0.2, 0) is 6.61 Å². The standard InChI is InChI=1S/C13H15BrN2O2/c1-8-5-11(16-18-8)7-17-13-4-3-10(14)6-12(13)9(2)15/h3-6,9H,7,15H2,1-2H3/t9-/m0/s1. The Bertz CT molecular complexity index is 538. The topological polar surface area (TPSA) is 61.3 Å². The van der Waals surface area contributed by atoms with Crippen LogP contribution in [0.5, 0.6) is 5.75 Å². The molecule has 0 bridgehead atoms. The van der Waals surface area contributed by atoms with Gasteiger partial charge in [0.05, 0.1) is 0 Å². The summed E-state index contributed by atoms with van der Waals surface area (Å²) in [7, 11) is 0. The lowest BCUT2D eigenvalue weighted by Gasteiger charge is -2.13. The van der Waals surface area contributed by atoms with Crippen molar-refractivity contribution in [3.05, 3.63) is 45.8 Å². The predicted molar refractivity (Wildman–Crippen MR) is 72.3 cm³/mol. The molecule has 2 rings (SSSR count). The fourth-order valence-corrected chi connectivity index (χ4v) is 2.02. The first kappa shape index (κ1) is 13.1. The van der Waals surface area contributed by atoms with Crippen LogP contribution in [0.3, 0.4) is 0 Å². The van der Waals surface area contributed by atoms with Gasteiger partial charge in [0.1, 0.15) is 23.8 Å². The van der Waals surface area contributed by atoms with Gasteiger partial charge in [-0.3, -0.25) is 0 Å². The van der Waals surface area contributed by atoms with Crippen molar-refractivity contribution in [1.29, 1.82) is 0 Å². The van der Waals surface area contributed by atoms with Gasteiger partial charge in [-0.1, -0.05) is 21.1 Å². The molecular formula is C13H15BrN2O2. The highest BCUT2D eigenvalue weighted by molar-refractivity contribution is 9.10. The molecule has 0 aliphatic rings. The van der Waals surface area contributed by atoms with Crippen molar-refractivity contribution in [3.8, 4) is 5.75 Å². The average Bonchev–Trinajstić information content (AvgIpc) is 2.73. The molecule has 18 heavy (non-hydrogen) atoms. The number of halogens is 1. The van der Waals surface area contributed by atoms with Gasteiger partial charge in [0.25, 0.3) is 0 Å². The number of aryl methyl sites for hydroxylation is 1. The largest absolute Gasteiger partial charge is 0.487 e. The van der Waals surface area contributed by atoms with Crippen molar-refractivity contribution in [2.75, 3.05) is 0 Å². The Balaban J connectivity index is 2.13. The lowest BCUT2D eigenvalue weighted by Crippen LogP contribution is -2.08. The molecule has 0 aliphatic heterocycles. The van der Waals surface area contributed by atoms with E-state index in [9.17, 15) is 0 Å². The molecule has 0 aliphatic carbocycles. The van der Waals surface area contributed by atoms with Crippen LogP contribution in [0.15, 0.2) is 33.3 Å². The zero-order chi connectivity index (χ0) is 13.1. The van der Waals surface area contributed by atoms with Gasteiger partial charge in [-0.15, -0.1) is 0 Å². The Hall–Kier alpha value is -1.33. The molecule has 1 atom stereocenters. The summed E-state index contributed by atoms with van der Waals surface area (Å²) in [6, 6.07) is 7.56. The minimum Gasteiger partial charge on any atom is -0.487 e. The Morgan fingerprint density at radius 2 is 2.22 bits per heavy atom. The van der Waals surface area contributed by atoms with E-state index in [-0.39, 0.29) is 6.04 Å². The second-order valence-electron chi connectivity index (χ2n) is 4.19. The molecule has 1 heterocycles. The number of hydrogen-bond acceptors (Lipinski definition) is 4. The average molecular weight is 311 g/mol. The SMILES string of the molecule is Cc1cc(COc2ccc(Br)cc2[C@H](C)N)no1. The van der Waals surface area contributed by atoms with E-state index < -0.39 is 0 Å². The summed E-state index contributed by atoms with van der Waals surface area (Å²) in [6.45, 7) is 4.15. The quantitative estimate of drug-likeness (QED) is 0.940. The van der Waals surface area contributed by atoms with Crippen LogP contribution >= 0.6 is 15.9 Å². The lowest BCUT2D eigenvalue weighted by molar-refractivity contribution is 0.284. The van der Waals surface area contributed by atoms with Crippen LogP contribution in [-0.4, -0.2) is 5.16 Å². The molecule has 0 fully saturated rings. The maximum atomic E-state index is 5.92. The first-order valence-corrected chi connectivity index (χ1v) is 6.45. The molecular weight excluding hydrogens is 296 g/mol. The summed E-state index contributed by atoms with van der Waals surface area (Å²) in [6.07, 6.45) is 0. The van der Waals surface area contributed by atoms with Crippen LogP contribution in [0.25, 0.3) is 0 Å². The van der Waals surface area contributed by atoms with E-state index in [0.29, 0.717) is 6.61 Å². The molecule has 1 aromatic carbocycles. The maximum absolute atomic E-state index is 5.92. The second-order valence-corrected chi connectivity index (χ2v) is 5.10. The van der Waals surface area contributed by atoms with Crippen LogP contribution in [0.4, 0.5) is 0 Å². The van der Waals surface area contributed by atoms with E-state index in [2.05, 4.69) is 21.1 Å². The first-order chi connectivity index (χ1) is 8.56. The molecule has 0 amide bonds. The Kier molecular flexibility index (Phi) is 4.04. The number of nitrogens with zero attached hydrogens (tertiary/aromatic N) is 1. The minimum atomic E-state index is -0.0865. The number of hydrogen-bond donors (Lipinski definition) is 1. The van der Waals surface area contributed by atoms with Crippen molar-refractivity contribution in [1.82, 2.24) is 5.16 Å². The summed E-state index contributed by atoms with van der Waals surface area (Å²) < 4.78 is 11.7. The van der Waals surface area contributed by atoms with Crippen molar-refractivity contribution in [2.24, 2.45) is 5.73 Å². The molecule has 5 heteroatoms. The van der Waals surface area contributed by atoms with E-state index in [1.54, 1.807) is 0 Å². The molecule has 0 radical (unpaired) electrons. The van der Waals surface area contributed by atoms with Gasteiger partial charge in [0.2, 0.25) is 0 Å². The molecule has 0 unspecified atom stereocenters. The zero-order valence-electron chi connectivity index (χ0n) is 10.3. The van der Waals surface area contributed by atoms with E-state index >= 15 is 0 Å². The summed E-state index contributed by atoms with van der Waals surface area (Å²) >= 11 is 3.43. The van der Waals surface area contributed by atoms with Gasteiger partial charge >= 0.3 is 0 Å². The van der Waals surface area contributed by atoms with Crippen molar-refractivity contribution >= 4 is 15.9 Å². The number of aromatic nitrogens is 1. The summed E-state index contributed by atoms with van der Waals surface area (Å²) in [5.74, 6) is 1.55. The number of ether oxygens (including phenoxy) is 1. The molecule has 2 N–H and O–H groups in total.